The van der Waals surface area contributed by atoms with E-state index in [1.807, 2.05) is 54.6 Å². The van der Waals surface area contributed by atoms with E-state index in [0.29, 0.717) is 0 Å². The molecule has 2 aromatic rings. The Morgan fingerprint density at radius 1 is 0.895 bits per heavy atom. The number of amides is 1. The lowest BCUT2D eigenvalue weighted by atomic mass is 9.88. The van der Waals surface area contributed by atoms with E-state index in [1.165, 1.54) is 69.1 Å². The fourth-order valence-corrected chi connectivity index (χ4v) is 6.01. The fourth-order valence-electron chi connectivity index (χ4n) is 6.01. The molecule has 1 heterocycles. The average molecular weight is 519 g/mol. The van der Waals surface area contributed by atoms with Gasteiger partial charge in [-0.05, 0) is 42.4 Å². The van der Waals surface area contributed by atoms with E-state index in [4.69, 9.17) is 4.74 Å². The van der Waals surface area contributed by atoms with Crippen LogP contribution in [0.2, 0.25) is 0 Å². The third kappa shape index (κ3) is 7.47. The van der Waals surface area contributed by atoms with Crippen LogP contribution in [-0.4, -0.2) is 40.2 Å². The lowest BCUT2D eigenvalue weighted by Gasteiger charge is -2.39. The zero-order chi connectivity index (χ0) is 26.7. The van der Waals surface area contributed by atoms with Crippen LogP contribution in [0, 0.1) is 0 Å². The lowest BCUT2D eigenvalue weighted by molar-refractivity contribution is -0.143. The fraction of sp³-hybridized carbons (Fsp3) is 0.500. The number of hydrogen-bond donors (Lipinski definition) is 2. The molecule has 2 aliphatic carbocycles. The van der Waals surface area contributed by atoms with Gasteiger partial charge < -0.3 is 15.2 Å². The quantitative estimate of drug-likeness (QED) is 0.411. The maximum absolute atomic E-state index is 12.7. The first-order chi connectivity index (χ1) is 18.6. The summed E-state index contributed by atoms with van der Waals surface area (Å²) in [5, 5.41) is 13.5. The number of carbonyl (C=O) groups is 2. The summed E-state index contributed by atoms with van der Waals surface area (Å²) < 4.78 is 5.37. The van der Waals surface area contributed by atoms with E-state index in [2.05, 4.69) is 11.9 Å². The molecule has 0 unspecified atom stereocenters. The molecule has 204 valence electrons. The SMILES string of the molecule is C1CCC(NC2CCCCC2)CC1.C=C[C@H]1c2ccccc2C[C@@H](C(=O)O)N1C(=O)OCc1ccccc1. The second kappa shape index (κ2) is 14.1. The highest BCUT2D eigenvalue weighted by atomic mass is 16.6. The number of nitrogens with zero attached hydrogens (tertiary/aromatic N) is 1. The zero-order valence-corrected chi connectivity index (χ0v) is 22.4. The number of carboxylic acid groups (broad SMARTS) is 1. The van der Waals surface area contributed by atoms with E-state index in [0.717, 1.165) is 28.8 Å². The van der Waals surface area contributed by atoms with Gasteiger partial charge in [-0.15, -0.1) is 6.58 Å². The molecule has 2 atom stereocenters. The molecule has 0 bridgehead atoms. The maximum Gasteiger partial charge on any atom is 0.411 e. The predicted molar refractivity (Wildman–Crippen MR) is 150 cm³/mol. The average Bonchev–Trinajstić information content (AvgIpc) is 2.96. The van der Waals surface area contributed by atoms with Gasteiger partial charge in [0.2, 0.25) is 0 Å². The first kappa shape index (κ1) is 27.9. The van der Waals surface area contributed by atoms with Gasteiger partial charge >= 0.3 is 12.1 Å². The Kier molecular flexibility index (Phi) is 10.4. The molecule has 2 N–H and O–H groups in total. The molecule has 0 radical (unpaired) electrons. The topological polar surface area (TPSA) is 78.9 Å². The lowest BCUT2D eigenvalue weighted by Crippen LogP contribution is -2.50. The number of carbonyl (C=O) groups excluding carboxylic acids is 1. The second-order valence-electron chi connectivity index (χ2n) is 10.7. The van der Waals surface area contributed by atoms with Gasteiger partial charge in [-0.2, -0.15) is 0 Å². The predicted octanol–water partition coefficient (Wildman–Crippen LogP) is 6.80. The Morgan fingerprint density at radius 3 is 2.05 bits per heavy atom. The Hall–Kier alpha value is -3.12. The van der Waals surface area contributed by atoms with Crippen molar-refractivity contribution >= 4 is 12.1 Å². The van der Waals surface area contributed by atoms with Crippen LogP contribution in [0.4, 0.5) is 4.79 Å². The number of carboxylic acids is 1. The molecule has 1 amide bonds. The summed E-state index contributed by atoms with van der Waals surface area (Å²) in [6, 6.07) is 17.0. The number of benzene rings is 2. The monoisotopic (exact) mass is 518 g/mol. The zero-order valence-electron chi connectivity index (χ0n) is 22.4. The van der Waals surface area contributed by atoms with Crippen LogP contribution in [0.15, 0.2) is 67.3 Å². The van der Waals surface area contributed by atoms with Crippen LogP contribution in [0.1, 0.15) is 86.9 Å². The van der Waals surface area contributed by atoms with Gasteiger partial charge in [0.25, 0.3) is 0 Å². The summed E-state index contributed by atoms with van der Waals surface area (Å²) in [4.78, 5) is 25.7. The molecular weight excluding hydrogens is 476 g/mol. The van der Waals surface area contributed by atoms with Crippen LogP contribution in [0.25, 0.3) is 0 Å². The molecule has 2 saturated carbocycles. The summed E-state index contributed by atoms with van der Waals surface area (Å²) in [7, 11) is 0. The van der Waals surface area contributed by atoms with E-state index in [-0.39, 0.29) is 13.0 Å². The molecule has 6 heteroatoms. The van der Waals surface area contributed by atoms with E-state index >= 15 is 0 Å². The van der Waals surface area contributed by atoms with Gasteiger partial charge in [0.05, 0.1) is 6.04 Å². The highest BCUT2D eigenvalue weighted by molar-refractivity contribution is 5.82. The van der Waals surface area contributed by atoms with Crippen molar-refractivity contribution in [2.45, 2.75) is 101 Å². The van der Waals surface area contributed by atoms with Crippen LogP contribution in [0.3, 0.4) is 0 Å². The molecule has 3 aliphatic rings. The third-order valence-electron chi connectivity index (χ3n) is 8.03. The minimum atomic E-state index is -1.06. The maximum atomic E-state index is 12.7. The van der Waals surface area contributed by atoms with Crippen molar-refractivity contribution in [3.8, 4) is 0 Å². The van der Waals surface area contributed by atoms with Crippen molar-refractivity contribution < 1.29 is 19.4 Å². The molecule has 6 nitrogen and oxygen atoms in total. The van der Waals surface area contributed by atoms with Crippen LogP contribution in [-0.2, 0) is 22.6 Å². The molecule has 0 saturated heterocycles. The second-order valence-corrected chi connectivity index (χ2v) is 10.7. The molecular formula is C32H42N2O4. The Labute approximate surface area is 227 Å². The van der Waals surface area contributed by atoms with Crippen molar-refractivity contribution in [1.29, 1.82) is 0 Å². The van der Waals surface area contributed by atoms with Crippen molar-refractivity contribution in [3.63, 3.8) is 0 Å². The van der Waals surface area contributed by atoms with Crippen LogP contribution >= 0.6 is 0 Å². The normalized spacial score (nSPS) is 21.9. The van der Waals surface area contributed by atoms with Crippen molar-refractivity contribution in [3.05, 3.63) is 83.9 Å². The minimum Gasteiger partial charge on any atom is -0.480 e. The number of ether oxygens (including phenoxy) is 1. The van der Waals surface area contributed by atoms with Crippen LogP contribution in [0.5, 0.6) is 0 Å². The van der Waals surface area contributed by atoms with E-state index < -0.39 is 24.1 Å². The van der Waals surface area contributed by atoms with Crippen molar-refractivity contribution in [2.75, 3.05) is 0 Å². The summed E-state index contributed by atoms with van der Waals surface area (Å²) in [5.74, 6) is -1.06. The van der Waals surface area contributed by atoms with Crippen molar-refractivity contribution in [1.82, 2.24) is 10.2 Å². The smallest absolute Gasteiger partial charge is 0.411 e. The van der Waals surface area contributed by atoms with Gasteiger partial charge in [0.1, 0.15) is 12.6 Å². The Bertz CT molecular complexity index is 1030. The van der Waals surface area contributed by atoms with Crippen LogP contribution < -0.4 is 5.32 Å². The third-order valence-corrected chi connectivity index (χ3v) is 8.03. The molecule has 0 aromatic heterocycles. The summed E-state index contributed by atoms with van der Waals surface area (Å²) in [6.45, 7) is 3.88. The number of hydrogen-bond acceptors (Lipinski definition) is 4. The molecule has 2 fully saturated rings. The number of aliphatic carboxylic acids is 1. The number of fused-ring (bicyclic) bond motifs is 1. The Balaban J connectivity index is 0.000000216. The molecule has 38 heavy (non-hydrogen) atoms. The molecule has 2 aromatic carbocycles. The van der Waals surface area contributed by atoms with Crippen molar-refractivity contribution in [2.24, 2.45) is 0 Å². The van der Waals surface area contributed by atoms with Gasteiger partial charge in [-0.1, -0.05) is 99.2 Å². The highest BCUT2D eigenvalue weighted by Crippen LogP contribution is 2.34. The van der Waals surface area contributed by atoms with Gasteiger partial charge in [-0.3, -0.25) is 4.90 Å². The number of nitrogens with one attached hydrogen (secondary N) is 1. The largest absolute Gasteiger partial charge is 0.480 e. The van der Waals surface area contributed by atoms with E-state index in [1.54, 1.807) is 6.08 Å². The molecule has 0 spiro atoms. The molecule has 5 rings (SSSR count). The first-order valence-electron chi connectivity index (χ1n) is 14.2. The molecule has 1 aliphatic heterocycles. The summed E-state index contributed by atoms with van der Waals surface area (Å²) in [6.07, 6.45) is 15.7. The van der Waals surface area contributed by atoms with Gasteiger partial charge in [0, 0.05) is 18.5 Å². The number of rotatable bonds is 6. The minimum absolute atomic E-state index is 0.0913. The highest BCUT2D eigenvalue weighted by Gasteiger charge is 2.40. The van der Waals surface area contributed by atoms with Gasteiger partial charge in [-0.25, -0.2) is 9.59 Å². The Morgan fingerprint density at radius 2 is 1.47 bits per heavy atom. The van der Waals surface area contributed by atoms with E-state index in [9.17, 15) is 14.7 Å². The van der Waals surface area contributed by atoms with Gasteiger partial charge in [0.15, 0.2) is 0 Å². The first-order valence-corrected chi connectivity index (χ1v) is 14.2. The summed E-state index contributed by atoms with van der Waals surface area (Å²) in [5.41, 5.74) is 2.63. The summed E-state index contributed by atoms with van der Waals surface area (Å²) >= 11 is 0. The standard InChI is InChI=1S/C20H19NO4.C12H23N/c1-2-17-16-11-7-6-10-15(16)12-18(19(22)23)21(17)20(24)25-13-14-8-4-3-5-9-14;1-3-7-11(8-4-1)13-12-9-5-2-6-10-12/h2-11,17-18H,1,12-13H2,(H,22,23);11-13H,1-10H2/t17-,18-;/m0./s1.